The summed E-state index contributed by atoms with van der Waals surface area (Å²) in [5.41, 5.74) is 3.83. The normalized spacial score (nSPS) is 10.8. The van der Waals surface area contributed by atoms with Crippen LogP contribution in [-0.4, -0.2) is 22.0 Å². The highest BCUT2D eigenvalue weighted by Gasteiger charge is 2.12. The smallest absolute Gasteiger partial charge is 0.272 e. The molecule has 1 aromatic carbocycles. The molecule has 1 aromatic heterocycles. The van der Waals surface area contributed by atoms with Crippen molar-refractivity contribution in [1.29, 1.82) is 0 Å². The van der Waals surface area contributed by atoms with Gasteiger partial charge < -0.3 is 5.32 Å². The zero-order valence-corrected chi connectivity index (χ0v) is 12.3. The van der Waals surface area contributed by atoms with Gasteiger partial charge in [-0.3, -0.25) is 14.2 Å². The van der Waals surface area contributed by atoms with E-state index in [1.54, 1.807) is 6.92 Å². The van der Waals surface area contributed by atoms with Gasteiger partial charge in [-0.25, -0.2) is 4.98 Å². The zero-order chi connectivity index (χ0) is 14.9. The lowest BCUT2D eigenvalue weighted by Gasteiger charge is -2.12. The Labute approximate surface area is 117 Å². The summed E-state index contributed by atoms with van der Waals surface area (Å²) in [7, 11) is 0. The predicted molar refractivity (Wildman–Crippen MR) is 78.9 cm³/mol. The third kappa shape index (κ3) is 2.57. The lowest BCUT2D eigenvalue weighted by Crippen LogP contribution is -2.33. The Morgan fingerprint density at radius 1 is 1.25 bits per heavy atom. The van der Waals surface area contributed by atoms with Crippen molar-refractivity contribution < 1.29 is 4.79 Å². The molecule has 5 nitrogen and oxygen atoms in total. The average molecular weight is 273 g/mol. The van der Waals surface area contributed by atoms with Gasteiger partial charge in [0.05, 0.1) is 11.0 Å². The molecule has 0 aliphatic carbocycles. The molecule has 0 unspecified atom stereocenters. The second kappa shape index (κ2) is 5.45. The number of carbonyl (C=O) groups excluding carboxylic acids is 1. The van der Waals surface area contributed by atoms with E-state index >= 15 is 0 Å². The summed E-state index contributed by atoms with van der Waals surface area (Å²) in [4.78, 5) is 28.3. The van der Waals surface area contributed by atoms with Crippen molar-refractivity contribution in [3.63, 3.8) is 0 Å². The monoisotopic (exact) mass is 273 g/mol. The van der Waals surface area contributed by atoms with Crippen LogP contribution in [-0.2, 0) is 11.3 Å². The minimum absolute atomic E-state index is 0.0229. The van der Waals surface area contributed by atoms with Gasteiger partial charge in [0, 0.05) is 6.54 Å². The van der Waals surface area contributed by atoms with E-state index in [0.29, 0.717) is 17.8 Å². The van der Waals surface area contributed by atoms with Crippen LogP contribution < -0.4 is 10.9 Å². The quantitative estimate of drug-likeness (QED) is 0.920. The maximum Gasteiger partial charge on any atom is 0.272 e. The number of carbonyl (C=O) groups is 1. The van der Waals surface area contributed by atoms with Crippen molar-refractivity contribution in [2.24, 2.45) is 0 Å². The molecule has 2 aromatic rings. The molecule has 1 N–H and O–H groups in total. The zero-order valence-electron chi connectivity index (χ0n) is 12.3. The third-order valence-electron chi connectivity index (χ3n) is 3.40. The minimum Gasteiger partial charge on any atom is -0.355 e. The Balaban J connectivity index is 2.67. The van der Waals surface area contributed by atoms with Gasteiger partial charge in [0.25, 0.3) is 5.56 Å². The van der Waals surface area contributed by atoms with Crippen molar-refractivity contribution in [2.45, 2.75) is 34.2 Å². The molecule has 1 heterocycles. The molecule has 0 aliphatic rings. The summed E-state index contributed by atoms with van der Waals surface area (Å²) in [6.07, 6.45) is 0. The van der Waals surface area contributed by atoms with Crippen LogP contribution in [0.15, 0.2) is 16.9 Å². The van der Waals surface area contributed by atoms with Crippen LogP contribution >= 0.6 is 0 Å². The van der Waals surface area contributed by atoms with Gasteiger partial charge in [-0.05, 0) is 51.0 Å². The minimum atomic E-state index is -0.216. The number of amides is 1. The van der Waals surface area contributed by atoms with Crippen LogP contribution in [0.2, 0.25) is 0 Å². The fourth-order valence-corrected chi connectivity index (χ4v) is 2.18. The van der Waals surface area contributed by atoms with E-state index < -0.39 is 0 Å². The van der Waals surface area contributed by atoms with Crippen molar-refractivity contribution in [3.8, 4) is 0 Å². The molecular weight excluding hydrogens is 254 g/mol. The number of hydrogen-bond donors (Lipinski definition) is 1. The number of hydrogen-bond acceptors (Lipinski definition) is 3. The van der Waals surface area contributed by atoms with Gasteiger partial charge in [0.15, 0.2) is 0 Å². The maximum atomic E-state index is 12.2. The number of rotatable bonds is 3. The second-order valence-electron chi connectivity index (χ2n) is 4.97. The highest BCUT2D eigenvalue weighted by molar-refractivity contribution is 5.81. The standard InChI is InChI=1S/C15H19N3O2/c1-5-16-14(19)8-18-13-7-10(3)9(2)6-12(13)17-11(4)15(18)20/h6-7H,5,8H2,1-4H3,(H,16,19). The summed E-state index contributed by atoms with van der Waals surface area (Å²) >= 11 is 0. The van der Waals surface area contributed by atoms with E-state index in [1.165, 1.54) is 4.57 Å². The van der Waals surface area contributed by atoms with Gasteiger partial charge in [-0.15, -0.1) is 0 Å². The number of likely N-dealkylation sites (N-methyl/N-ethyl adjacent to an activating group) is 1. The molecule has 1 amide bonds. The van der Waals surface area contributed by atoms with Crippen LogP contribution in [0.4, 0.5) is 0 Å². The van der Waals surface area contributed by atoms with E-state index in [1.807, 2.05) is 32.9 Å². The van der Waals surface area contributed by atoms with Crippen LogP contribution in [0.25, 0.3) is 11.0 Å². The number of fused-ring (bicyclic) bond motifs is 1. The summed E-state index contributed by atoms with van der Waals surface area (Å²) < 4.78 is 1.50. The summed E-state index contributed by atoms with van der Waals surface area (Å²) in [5, 5.41) is 2.71. The predicted octanol–water partition coefficient (Wildman–Crippen LogP) is 1.46. The van der Waals surface area contributed by atoms with Crippen LogP contribution in [0.1, 0.15) is 23.7 Å². The fourth-order valence-electron chi connectivity index (χ4n) is 2.18. The largest absolute Gasteiger partial charge is 0.355 e. The van der Waals surface area contributed by atoms with Crippen LogP contribution in [0.5, 0.6) is 0 Å². The molecule has 0 saturated carbocycles. The first-order valence-corrected chi connectivity index (χ1v) is 6.69. The van der Waals surface area contributed by atoms with Crippen LogP contribution in [0.3, 0.4) is 0 Å². The molecule has 0 radical (unpaired) electrons. The summed E-state index contributed by atoms with van der Waals surface area (Å²) in [6, 6.07) is 3.86. The summed E-state index contributed by atoms with van der Waals surface area (Å²) in [6.45, 7) is 8.08. The molecular formula is C15H19N3O2. The van der Waals surface area contributed by atoms with E-state index in [4.69, 9.17) is 0 Å². The second-order valence-corrected chi connectivity index (χ2v) is 4.97. The van der Waals surface area contributed by atoms with E-state index in [-0.39, 0.29) is 18.0 Å². The molecule has 0 atom stereocenters. The lowest BCUT2D eigenvalue weighted by atomic mass is 10.1. The molecule has 2 rings (SSSR count). The van der Waals surface area contributed by atoms with Gasteiger partial charge in [0.2, 0.25) is 5.91 Å². The highest BCUT2D eigenvalue weighted by atomic mass is 16.2. The van der Waals surface area contributed by atoms with Gasteiger partial charge in [-0.1, -0.05) is 0 Å². The van der Waals surface area contributed by atoms with E-state index in [2.05, 4.69) is 10.3 Å². The first kappa shape index (κ1) is 14.2. The Bertz CT molecular complexity index is 732. The number of benzene rings is 1. The third-order valence-corrected chi connectivity index (χ3v) is 3.40. The Morgan fingerprint density at radius 2 is 1.90 bits per heavy atom. The topological polar surface area (TPSA) is 64.0 Å². The van der Waals surface area contributed by atoms with Gasteiger partial charge >= 0.3 is 0 Å². The fraction of sp³-hybridized carbons (Fsp3) is 0.400. The van der Waals surface area contributed by atoms with Crippen LogP contribution in [0, 0.1) is 20.8 Å². The molecule has 0 spiro atoms. The first-order valence-electron chi connectivity index (χ1n) is 6.69. The number of nitrogens with one attached hydrogen (secondary N) is 1. The van der Waals surface area contributed by atoms with E-state index in [9.17, 15) is 9.59 Å². The summed E-state index contributed by atoms with van der Waals surface area (Å²) in [5.74, 6) is -0.167. The van der Waals surface area contributed by atoms with Crippen molar-refractivity contribution in [3.05, 3.63) is 39.3 Å². The first-order chi connectivity index (χ1) is 9.43. The van der Waals surface area contributed by atoms with Crippen molar-refractivity contribution in [2.75, 3.05) is 6.54 Å². The Morgan fingerprint density at radius 3 is 2.55 bits per heavy atom. The SMILES string of the molecule is CCNC(=O)Cn1c(=O)c(C)nc2cc(C)c(C)cc21. The Hall–Kier alpha value is -2.17. The maximum absolute atomic E-state index is 12.2. The Kier molecular flexibility index (Phi) is 3.88. The number of aryl methyl sites for hydroxylation is 3. The molecule has 0 bridgehead atoms. The van der Waals surface area contributed by atoms with Gasteiger partial charge in [0.1, 0.15) is 12.2 Å². The molecule has 0 saturated heterocycles. The molecule has 106 valence electrons. The molecule has 0 aliphatic heterocycles. The number of aromatic nitrogens is 2. The molecule has 5 heteroatoms. The van der Waals surface area contributed by atoms with E-state index in [0.717, 1.165) is 16.6 Å². The number of nitrogens with zero attached hydrogens (tertiary/aromatic N) is 2. The highest BCUT2D eigenvalue weighted by Crippen LogP contribution is 2.16. The van der Waals surface area contributed by atoms with Crippen molar-refractivity contribution in [1.82, 2.24) is 14.9 Å². The van der Waals surface area contributed by atoms with Crippen molar-refractivity contribution >= 4 is 16.9 Å². The average Bonchev–Trinajstić information content (AvgIpc) is 2.38. The lowest BCUT2D eigenvalue weighted by molar-refractivity contribution is -0.121. The molecule has 0 fully saturated rings. The van der Waals surface area contributed by atoms with Gasteiger partial charge in [-0.2, -0.15) is 0 Å². The molecule has 20 heavy (non-hydrogen) atoms.